The molecule has 0 bridgehead atoms. The molecule has 1 saturated heterocycles. The minimum Gasteiger partial charge on any atom is -0.339 e. The highest BCUT2D eigenvalue weighted by molar-refractivity contribution is 7.99. The molecule has 0 aliphatic carbocycles. The third kappa shape index (κ3) is 1.70. The minimum absolute atomic E-state index is 0.137. The lowest BCUT2D eigenvalue weighted by Gasteiger charge is -2.40. The Kier molecular flexibility index (Phi) is 2.82. The predicted molar refractivity (Wildman–Crippen MR) is 48.8 cm³/mol. The van der Waals surface area contributed by atoms with Gasteiger partial charge >= 0.3 is 0 Å². The Labute approximate surface area is 72.3 Å². The maximum Gasteiger partial charge on any atom is 0.235 e. The van der Waals surface area contributed by atoms with Gasteiger partial charge in [-0.15, -0.1) is 0 Å². The van der Waals surface area contributed by atoms with Crippen LogP contribution in [0.5, 0.6) is 0 Å². The maximum atomic E-state index is 11.5. The van der Waals surface area contributed by atoms with E-state index in [9.17, 15) is 4.79 Å². The highest BCUT2D eigenvalue weighted by Crippen LogP contribution is 2.20. The molecule has 0 saturated carbocycles. The van der Waals surface area contributed by atoms with E-state index >= 15 is 0 Å². The molecule has 2 nitrogen and oxygen atoms in total. The molecule has 1 aliphatic heterocycles. The molecule has 1 heterocycles. The second-order valence-corrected chi connectivity index (χ2v) is 4.23. The number of thioether (sulfide) groups is 1. The second kappa shape index (κ2) is 3.48. The summed E-state index contributed by atoms with van der Waals surface area (Å²) < 4.78 is 0. The van der Waals surface area contributed by atoms with E-state index in [1.807, 2.05) is 18.1 Å². The van der Waals surface area contributed by atoms with Gasteiger partial charge in [0.1, 0.15) is 0 Å². The lowest BCUT2D eigenvalue weighted by atomic mass is 10.1. The van der Waals surface area contributed by atoms with Crippen molar-refractivity contribution in [1.82, 2.24) is 4.90 Å². The highest BCUT2D eigenvalue weighted by atomic mass is 32.2. The number of likely N-dealkylation sites (tertiary alicyclic amines) is 1. The fourth-order valence-corrected chi connectivity index (χ4v) is 1.52. The van der Waals surface area contributed by atoms with Crippen LogP contribution in [-0.2, 0) is 4.79 Å². The first-order valence-corrected chi connectivity index (χ1v) is 5.29. The average molecular weight is 173 g/mol. The molecule has 0 spiro atoms. The Morgan fingerprint density at radius 2 is 2.36 bits per heavy atom. The highest BCUT2D eigenvalue weighted by Gasteiger charge is 2.30. The van der Waals surface area contributed by atoms with Gasteiger partial charge in [-0.3, -0.25) is 4.79 Å². The first-order chi connectivity index (χ1) is 5.16. The quantitative estimate of drug-likeness (QED) is 0.628. The van der Waals surface area contributed by atoms with E-state index < -0.39 is 0 Å². The molecule has 1 fully saturated rings. The molecule has 0 aromatic heterocycles. The Bertz CT molecular complexity index is 160. The molecule has 0 N–H and O–H groups in total. The monoisotopic (exact) mass is 173 g/mol. The van der Waals surface area contributed by atoms with Gasteiger partial charge in [0.2, 0.25) is 5.91 Å². The Morgan fingerprint density at radius 3 is 2.64 bits per heavy atom. The summed E-state index contributed by atoms with van der Waals surface area (Å²) in [5.41, 5.74) is 0. The van der Waals surface area contributed by atoms with Crippen molar-refractivity contribution in [2.75, 3.05) is 12.8 Å². The minimum atomic E-state index is 0.137. The van der Waals surface area contributed by atoms with Gasteiger partial charge < -0.3 is 4.90 Å². The van der Waals surface area contributed by atoms with Gasteiger partial charge in [-0.05, 0) is 26.5 Å². The standard InChI is InChI=1S/C8H15NOS/c1-6-4-5-9(6)8(10)7(2)11-3/h6-7H,4-5H2,1-3H3. The maximum absolute atomic E-state index is 11.5. The van der Waals surface area contributed by atoms with E-state index in [-0.39, 0.29) is 5.25 Å². The van der Waals surface area contributed by atoms with Crippen LogP contribution in [0.3, 0.4) is 0 Å². The molecular formula is C8H15NOS. The molecular weight excluding hydrogens is 158 g/mol. The van der Waals surface area contributed by atoms with Crippen molar-refractivity contribution in [1.29, 1.82) is 0 Å². The van der Waals surface area contributed by atoms with Gasteiger partial charge in [0, 0.05) is 12.6 Å². The molecule has 64 valence electrons. The summed E-state index contributed by atoms with van der Waals surface area (Å²) in [6.07, 6.45) is 3.15. The Balaban J connectivity index is 2.41. The van der Waals surface area contributed by atoms with Crippen molar-refractivity contribution in [2.45, 2.75) is 31.6 Å². The number of hydrogen-bond acceptors (Lipinski definition) is 2. The van der Waals surface area contributed by atoms with Crippen molar-refractivity contribution in [3.63, 3.8) is 0 Å². The Hall–Kier alpha value is -0.180. The van der Waals surface area contributed by atoms with Gasteiger partial charge in [0.05, 0.1) is 5.25 Å². The first-order valence-electron chi connectivity index (χ1n) is 4.00. The van der Waals surface area contributed by atoms with E-state index in [4.69, 9.17) is 0 Å². The number of hydrogen-bond donors (Lipinski definition) is 0. The van der Waals surface area contributed by atoms with Crippen molar-refractivity contribution in [3.8, 4) is 0 Å². The molecule has 1 rings (SSSR count). The summed E-state index contributed by atoms with van der Waals surface area (Å²) in [6.45, 7) is 5.04. The SMILES string of the molecule is CSC(C)C(=O)N1CCC1C. The number of amides is 1. The van der Waals surface area contributed by atoms with Crippen LogP contribution >= 0.6 is 11.8 Å². The van der Waals surface area contributed by atoms with Crippen LogP contribution in [0.15, 0.2) is 0 Å². The number of carbonyl (C=O) groups is 1. The number of nitrogens with zero attached hydrogens (tertiary/aromatic N) is 1. The molecule has 0 radical (unpaired) electrons. The molecule has 0 aromatic rings. The van der Waals surface area contributed by atoms with Crippen LogP contribution in [0.4, 0.5) is 0 Å². The molecule has 3 heteroatoms. The normalized spacial score (nSPS) is 26.1. The molecule has 1 amide bonds. The van der Waals surface area contributed by atoms with Gasteiger partial charge in [0.15, 0.2) is 0 Å². The van der Waals surface area contributed by atoms with Gasteiger partial charge in [0.25, 0.3) is 0 Å². The molecule has 2 unspecified atom stereocenters. The Morgan fingerprint density at radius 1 is 1.73 bits per heavy atom. The molecule has 11 heavy (non-hydrogen) atoms. The second-order valence-electron chi connectivity index (χ2n) is 3.05. The van der Waals surface area contributed by atoms with Crippen LogP contribution < -0.4 is 0 Å². The van der Waals surface area contributed by atoms with Crippen molar-refractivity contribution in [2.24, 2.45) is 0 Å². The smallest absolute Gasteiger partial charge is 0.235 e. The van der Waals surface area contributed by atoms with Crippen LogP contribution in [0.2, 0.25) is 0 Å². The zero-order valence-corrected chi connectivity index (χ0v) is 8.15. The van der Waals surface area contributed by atoms with Crippen LogP contribution in [0, 0.1) is 0 Å². The number of rotatable bonds is 2. The third-order valence-electron chi connectivity index (χ3n) is 2.30. The summed E-state index contributed by atoms with van der Waals surface area (Å²) in [5, 5.41) is 0.137. The van der Waals surface area contributed by atoms with Crippen LogP contribution in [-0.4, -0.2) is 34.9 Å². The van der Waals surface area contributed by atoms with Crippen LogP contribution in [0.25, 0.3) is 0 Å². The molecule has 2 atom stereocenters. The van der Waals surface area contributed by atoms with Crippen molar-refractivity contribution >= 4 is 17.7 Å². The molecule has 0 aromatic carbocycles. The van der Waals surface area contributed by atoms with Crippen molar-refractivity contribution in [3.05, 3.63) is 0 Å². The van der Waals surface area contributed by atoms with Gasteiger partial charge in [-0.25, -0.2) is 0 Å². The van der Waals surface area contributed by atoms with Gasteiger partial charge in [-0.1, -0.05) is 0 Å². The zero-order chi connectivity index (χ0) is 8.43. The van der Waals surface area contributed by atoms with Gasteiger partial charge in [-0.2, -0.15) is 11.8 Å². The molecule has 1 aliphatic rings. The fourth-order valence-electron chi connectivity index (χ4n) is 1.18. The summed E-state index contributed by atoms with van der Waals surface area (Å²) in [7, 11) is 0. The summed E-state index contributed by atoms with van der Waals surface area (Å²) in [5.74, 6) is 0.302. The van der Waals surface area contributed by atoms with Crippen LogP contribution in [0.1, 0.15) is 20.3 Å². The fraction of sp³-hybridized carbons (Fsp3) is 0.875. The summed E-state index contributed by atoms with van der Waals surface area (Å²) >= 11 is 1.62. The summed E-state index contributed by atoms with van der Waals surface area (Å²) in [4.78, 5) is 13.4. The third-order valence-corrected chi connectivity index (χ3v) is 3.21. The lowest BCUT2D eigenvalue weighted by molar-refractivity contribution is -0.137. The van der Waals surface area contributed by atoms with Crippen molar-refractivity contribution < 1.29 is 4.79 Å². The zero-order valence-electron chi connectivity index (χ0n) is 7.33. The van der Waals surface area contributed by atoms with E-state index in [0.29, 0.717) is 11.9 Å². The summed E-state index contributed by atoms with van der Waals surface area (Å²) in [6, 6.07) is 0.483. The van der Waals surface area contributed by atoms with E-state index in [2.05, 4.69) is 6.92 Å². The van der Waals surface area contributed by atoms with E-state index in [1.165, 1.54) is 6.42 Å². The lowest BCUT2D eigenvalue weighted by Crippen LogP contribution is -2.51. The van der Waals surface area contributed by atoms with E-state index in [0.717, 1.165) is 6.54 Å². The largest absolute Gasteiger partial charge is 0.339 e. The van der Waals surface area contributed by atoms with E-state index in [1.54, 1.807) is 11.8 Å². The number of carbonyl (C=O) groups excluding carboxylic acids is 1. The predicted octanol–water partition coefficient (Wildman–Crippen LogP) is 1.36. The average Bonchev–Trinajstić information content (AvgIpc) is 2.00. The first kappa shape index (κ1) is 8.91. The topological polar surface area (TPSA) is 20.3 Å².